The summed E-state index contributed by atoms with van der Waals surface area (Å²) in [7, 11) is 0. The Balaban J connectivity index is 1.88. The van der Waals surface area contributed by atoms with Crippen LogP contribution in [0.15, 0.2) is 29.1 Å². The first-order valence-corrected chi connectivity index (χ1v) is 7.99. The Hall–Kier alpha value is -1.89. The van der Waals surface area contributed by atoms with Gasteiger partial charge in [0.05, 0.1) is 12.8 Å². The van der Waals surface area contributed by atoms with Crippen molar-refractivity contribution in [2.75, 3.05) is 6.61 Å². The smallest absolute Gasteiger partial charge is 0.362 e. The van der Waals surface area contributed by atoms with Gasteiger partial charge in [-0.1, -0.05) is 0 Å². The molecule has 0 radical (unpaired) electrons. The van der Waals surface area contributed by atoms with Crippen LogP contribution in [-0.2, 0) is 11.3 Å². The van der Waals surface area contributed by atoms with Crippen molar-refractivity contribution < 1.29 is 14.3 Å². The van der Waals surface area contributed by atoms with Gasteiger partial charge in [0.1, 0.15) is 4.60 Å². The molecule has 2 aromatic rings. The van der Waals surface area contributed by atoms with Gasteiger partial charge in [0.2, 0.25) is 5.69 Å². The average molecular weight is 366 g/mol. The summed E-state index contributed by atoms with van der Waals surface area (Å²) in [6, 6.07) is 3.53. The highest BCUT2D eigenvalue weighted by Crippen LogP contribution is 2.33. The summed E-state index contributed by atoms with van der Waals surface area (Å²) in [4.78, 5) is 16.1. The number of hydrogen-bond acceptors (Lipinski definition) is 5. The molecule has 1 saturated carbocycles. The van der Waals surface area contributed by atoms with E-state index in [2.05, 4.69) is 26.0 Å². The molecule has 2 heterocycles. The zero-order valence-corrected chi connectivity index (χ0v) is 13.7. The molecule has 3 rings (SSSR count). The van der Waals surface area contributed by atoms with Gasteiger partial charge in [-0.05, 0) is 53.7 Å². The molecule has 0 aromatic carbocycles. The molecule has 1 aliphatic rings. The lowest BCUT2D eigenvalue weighted by Crippen LogP contribution is -2.08. The second-order valence-corrected chi connectivity index (χ2v) is 5.87. The topological polar surface area (TPSA) is 66.2 Å². The Morgan fingerprint density at radius 2 is 2.27 bits per heavy atom. The number of nitrogens with zero attached hydrogens (tertiary/aromatic N) is 3. The van der Waals surface area contributed by atoms with Gasteiger partial charge in [0.15, 0.2) is 11.5 Å². The monoisotopic (exact) mass is 365 g/mol. The van der Waals surface area contributed by atoms with Crippen molar-refractivity contribution in [2.24, 2.45) is 5.92 Å². The Morgan fingerprint density at radius 1 is 1.45 bits per heavy atom. The molecule has 0 unspecified atom stereocenters. The maximum Gasteiger partial charge on any atom is 0.362 e. The molecule has 0 aliphatic heterocycles. The Bertz CT molecular complexity index is 682. The SMILES string of the molecule is CCOC(=O)c1nn(CC2CC2)cc1Oc1cccnc1Br. The minimum absolute atomic E-state index is 0.193. The largest absolute Gasteiger partial charge is 0.461 e. The molecule has 6 nitrogen and oxygen atoms in total. The molecule has 0 amide bonds. The van der Waals surface area contributed by atoms with Crippen LogP contribution in [0, 0.1) is 5.92 Å². The van der Waals surface area contributed by atoms with Crippen molar-refractivity contribution in [3.63, 3.8) is 0 Å². The van der Waals surface area contributed by atoms with E-state index in [1.807, 2.05) is 0 Å². The molecule has 1 aliphatic carbocycles. The van der Waals surface area contributed by atoms with Gasteiger partial charge in [-0.15, -0.1) is 0 Å². The van der Waals surface area contributed by atoms with Gasteiger partial charge in [0.25, 0.3) is 0 Å². The van der Waals surface area contributed by atoms with E-state index < -0.39 is 5.97 Å². The molecule has 116 valence electrons. The summed E-state index contributed by atoms with van der Waals surface area (Å²) in [6.45, 7) is 2.85. The number of pyridine rings is 1. The first-order valence-electron chi connectivity index (χ1n) is 7.20. The van der Waals surface area contributed by atoms with Gasteiger partial charge in [-0.2, -0.15) is 5.10 Å². The fourth-order valence-corrected chi connectivity index (χ4v) is 2.37. The predicted octanol–water partition coefficient (Wildman–Crippen LogP) is 3.42. The van der Waals surface area contributed by atoms with E-state index >= 15 is 0 Å². The molecule has 1 fully saturated rings. The van der Waals surface area contributed by atoms with Crippen LogP contribution in [0.5, 0.6) is 11.5 Å². The van der Waals surface area contributed by atoms with E-state index in [0.29, 0.717) is 28.6 Å². The molecule has 7 heteroatoms. The molecule has 0 saturated heterocycles. The molecule has 2 aromatic heterocycles. The van der Waals surface area contributed by atoms with Gasteiger partial charge in [0, 0.05) is 12.7 Å². The molecule has 0 N–H and O–H groups in total. The molecule has 0 spiro atoms. The van der Waals surface area contributed by atoms with E-state index in [9.17, 15) is 4.79 Å². The molecule has 0 bridgehead atoms. The first kappa shape index (κ1) is 15.0. The number of carbonyl (C=O) groups excluding carboxylic acids is 1. The number of halogens is 1. The minimum Gasteiger partial charge on any atom is -0.461 e. The number of aromatic nitrogens is 3. The Labute approximate surface area is 136 Å². The van der Waals surface area contributed by atoms with E-state index in [1.165, 1.54) is 12.8 Å². The number of ether oxygens (including phenoxy) is 2. The second kappa shape index (κ2) is 6.48. The lowest BCUT2D eigenvalue weighted by atomic mass is 10.4. The maximum atomic E-state index is 12.0. The quantitative estimate of drug-likeness (QED) is 0.579. The van der Waals surface area contributed by atoms with Crippen LogP contribution >= 0.6 is 15.9 Å². The lowest BCUT2D eigenvalue weighted by molar-refractivity contribution is 0.0515. The van der Waals surface area contributed by atoms with Crippen molar-refractivity contribution in [3.8, 4) is 11.5 Å². The Morgan fingerprint density at radius 3 is 2.95 bits per heavy atom. The summed E-state index contributed by atoms with van der Waals surface area (Å²) < 4.78 is 13.2. The third-order valence-corrected chi connectivity index (χ3v) is 3.88. The number of esters is 1. The maximum absolute atomic E-state index is 12.0. The summed E-state index contributed by atoms with van der Waals surface area (Å²) in [5, 5.41) is 4.32. The number of carbonyl (C=O) groups is 1. The van der Waals surface area contributed by atoms with Crippen molar-refractivity contribution >= 4 is 21.9 Å². The van der Waals surface area contributed by atoms with Crippen molar-refractivity contribution in [2.45, 2.75) is 26.3 Å². The van der Waals surface area contributed by atoms with Gasteiger partial charge in [-0.25, -0.2) is 9.78 Å². The predicted molar refractivity (Wildman–Crippen MR) is 82.9 cm³/mol. The Kier molecular flexibility index (Phi) is 4.42. The summed E-state index contributed by atoms with van der Waals surface area (Å²) >= 11 is 3.32. The molecular formula is C15H16BrN3O3. The fraction of sp³-hybridized carbons (Fsp3) is 0.400. The number of hydrogen-bond donors (Lipinski definition) is 0. The first-order chi connectivity index (χ1) is 10.7. The van der Waals surface area contributed by atoms with Gasteiger partial charge in [-0.3, -0.25) is 4.68 Å². The van der Waals surface area contributed by atoms with Crippen LogP contribution in [0.3, 0.4) is 0 Å². The summed E-state index contributed by atoms with van der Waals surface area (Å²) in [5.74, 6) is 1.08. The second-order valence-electron chi connectivity index (χ2n) is 5.12. The van der Waals surface area contributed by atoms with Crippen LogP contribution in [0.1, 0.15) is 30.3 Å². The third kappa shape index (κ3) is 3.47. The van der Waals surface area contributed by atoms with Crippen LogP contribution in [0.4, 0.5) is 0 Å². The average Bonchev–Trinajstić information content (AvgIpc) is 3.21. The zero-order chi connectivity index (χ0) is 15.5. The van der Waals surface area contributed by atoms with Crippen LogP contribution in [0.2, 0.25) is 0 Å². The van der Waals surface area contributed by atoms with E-state index in [1.54, 1.807) is 36.1 Å². The normalized spacial score (nSPS) is 13.9. The molecule has 0 atom stereocenters. The minimum atomic E-state index is -0.480. The van der Waals surface area contributed by atoms with E-state index in [-0.39, 0.29) is 5.69 Å². The highest BCUT2D eigenvalue weighted by Gasteiger charge is 2.25. The van der Waals surface area contributed by atoms with Crippen LogP contribution in [0.25, 0.3) is 0 Å². The van der Waals surface area contributed by atoms with E-state index in [0.717, 1.165) is 6.54 Å². The van der Waals surface area contributed by atoms with Crippen molar-refractivity contribution in [1.29, 1.82) is 0 Å². The highest BCUT2D eigenvalue weighted by atomic mass is 79.9. The van der Waals surface area contributed by atoms with Gasteiger partial charge < -0.3 is 9.47 Å². The highest BCUT2D eigenvalue weighted by molar-refractivity contribution is 9.10. The summed E-state index contributed by atoms with van der Waals surface area (Å²) in [5.41, 5.74) is 0.193. The van der Waals surface area contributed by atoms with E-state index in [4.69, 9.17) is 9.47 Å². The summed E-state index contributed by atoms with van der Waals surface area (Å²) in [6.07, 6.45) is 5.81. The van der Waals surface area contributed by atoms with Crippen LogP contribution < -0.4 is 4.74 Å². The fourth-order valence-electron chi connectivity index (χ4n) is 2.04. The van der Waals surface area contributed by atoms with Gasteiger partial charge >= 0.3 is 5.97 Å². The van der Waals surface area contributed by atoms with Crippen LogP contribution in [-0.4, -0.2) is 27.3 Å². The standard InChI is InChI=1S/C15H16BrN3O3/c1-2-21-15(20)13-12(9-19(18-13)8-10-5-6-10)22-11-4-3-7-17-14(11)16/h3-4,7,9-10H,2,5-6,8H2,1H3. The molecular weight excluding hydrogens is 350 g/mol. The molecule has 22 heavy (non-hydrogen) atoms. The third-order valence-electron chi connectivity index (χ3n) is 3.28. The number of rotatable bonds is 6. The van der Waals surface area contributed by atoms with Crippen molar-refractivity contribution in [1.82, 2.24) is 14.8 Å². The lowest BCUT2D eigenvalue weighted by Gasteiger charge is -2.06. The van der Waals surface area contributed by atoms with Crippen molar-refractivity contribution in [3.05, 3.63) is 34.8 Å². The zero-order valence-electron chi connectivity index (χ0n) is 12.2.